The van der Waals surface area contributed by atoms with E-state index in [1.165, 1.54) is 0 Å². The number of rotatable bonds is 6. The monoisotopic (exact) mass is 323 g/mol. The second-order valence-electron chi connectivity index (χ2n) is 6.07. The molecule has 2 N–H and O–H groups in total. The molecule has 0 atom stereocenters. The number of likely N-dealkylation sites (N-methyl/N-ethyl adjacent to an activating group) is 1. The first-order valence-corrected chi connectivity index (χ1v) is 8.09. The third kappa shape index (κ3) is 4.35. The summed E-state index contributed by atoms with van der Waals surface area (Å²) in [7, 11) is 1.87. The van der Waals surface area contributed by atoms with Gasteiger partial charge in [0.05, 0.1) is 6.54 Å². The molecule has 1 aliphatic carbocycles. The summed E-state index contributed by atoms with van der Waals surface area (Å²) in [6, 6.07) is 17.1. The first kappa shape index (κ1) is 16.1. The molecule has 2 aromatic rings. The van der Waals surface area contributed by atoms with E-state index in [9.17, 15) is 9.59 Å². The van der Waals surface area contributed by atoms with Gasteiger partial charge in [-0.15, -0.1) is 0 Å². The molecule has 5 nitrogen and oxygen atoms in total. The van der Waals surface area contributed by atoms with Crippen molar-refractivity contribution in [2.75, 3.05) is 23.8 Å². The van der Waals surface area contributed by atoms with E-state index in [0.717, 1.165) is 18.5 Å². The molecule has 0 radical (unpaired) electrons. The van der Waals surface area contributed by atoms with Gasteiger partial charge in [-0.2, -0.15) is 0 Å². The van der Waals surface area contributed by atoms with Crippen molar-refractivity contribution in [2.45, 2.75) is 18.9 Å². The van der Waals surface area contributed by atoms with Gasteiger partial charge in [0.15, 0.2) is 0 Å². The Morgan fingerprint density at radius 3 is 2.54 bits per heavy atom. The Hall–Kier alpha value is -2.82. The molecule has 3 rings (SSSR count). The maximum absolute atomic E-state index is 12.2. The predicted molar refractivity (Wildman–Crippen MR) is 95.3 cm³/mol. The van der Waals surface area contributed by atoms with E-state index in [-0.39, 0.29) is 18.4 Å². The molecule has 1 aliphatic rings. The number of hydrogen-bond acceptors (Lipinski definition) is 3. The lowest BCUT2D eigenvalue weighted by molar-refractivity contribution is -0.114. The summed E-state index contributed by atoms with van der Waals surface area (Å²) in [6.07, 6.45) is 2.10. The summed E-state index contributed by atoms with van der Waals surface area (Å²) in [5.41, 5.74) is 2.17. The largest absolute Gasteiger partial charge is 0.365 e. The number of benzene rings is 2. The van der Waals surface area contributed by atoms with Gasteiger partial charge >= 0.3 is 0 Å². The molecule has 2 aromatic carbocycles. The van der Waals surface area contributed by atoms with Gasteiger partial charge in [-0.1, -0.05) is 24.3 Å². The van der Waals surface area contributed by atoms with Gasteiger partial charge in [-0.3, -0.25) is 9.59 Å². The van der Waals surface area contributed by atoms with Crippen LogP contribution in [-0.4, -0.2) is 31.4 Å². The normalized spacial score (nSPS) is 13.2. The van der Waals surface area contributed by atoms with Crippen molar-refractivity contribution < 1.29 is 9.59 Å². The molecule has 5 heteroatoms. The Kier molecular flexibility index (Phi) is 4.79. The van der Waals surface area contributed by atoms with Crippen LogP contribution >= 0.6 is 0 Å². The minimum Gasteiger partial charge on any atom is -0.365 e. The number of hydrogen-bond donors (Lipinski definition) is 2. The van der Waals surface area contributed by atoms with Crippen LogP contribution in [0.3, 0.4) is 0 Å². The molecule has 1 saturated carbocycles. The van der Waals surface area contributed by atoms with Crippen molar-refractivity contribution in [1.29, 1.82) is 0 Å². The van der Waals surface area contributed by atoms with Crippen LogP contribution in [0, 0.1) is 0 Å². The van der Waals surface area contributed by atoms with Crippen molar-refractivity contribution >= 4 is 23.2 Å². The average Bonchev–Trinajstić information content (AvgIpc) is 3.39. The number of nitrogens with one attached hydrogen (secondary N) is 2. The van der Waals surface area contributed by atoms with E-state index in [1.807, 2.05) is 42.3 Å². The van der Waals surface area contributed by atoms with Gasteiger partial charge in [-0.25, -0.2) is 0 Å². The van der Waals surface area contributed by atoms with Crippen molar-refractivity contribution in [3.63, 3.8) is 0 Å². The van der Waals surface area contributed by atoms with Gasteiger partial charge in [0.2, 0.25) is 5.91 Å². The Balaban J connectivity index is 1.58. The van der Waals surface area contributed by atoms with Crippen molar-refractivity contribution in [1.82, 2.24) is 5.32 Å². The zero-order valence-corrected chi connectivity index (χ0v) is 13.7. The van der Waals surface area contributed by atoms with Crippen molar-refractivity contribution in [3.05, 3.63) is 60.2 Å². The molecule has 0 aliphatic heterocycles. The minimum absolute atomic E-state index is 0.0880. The number of amides is 2. The summed E-state index contributed by atoms with van der Waals surface area (Å²) in [4.78, 5) is 26.1. The first-order valence-electron chi connectivity index (χ1n) is 8.09. The van der Waals surface area contributed by atoms with E-state index < -0.39 is 0 Å². The van der Waals surface area contributed by atoms with E-state index in [2.05, 4.69) is 10.6 Å². The SMILES string of the molecule is CN(CC(=O)Nc1cccc(C(=O)NC2CC2)c1)c1ccccc1. The third-order valence-electron chi connectivity index (χ3n) is 3.90. The van der Waals surface area contributed by atoms with Crippen LogP contribution in [0.1, 0.15) is 23.2 Å². The lowest BCUT2D eigenvalue weighted by Gasteiger charge is -2.18. The smallest absolute Gasteiger partial charge is 0.251 e. The van der Waals surface area contributed by atoms with E-state index in [0.29, 0.717) is 17.3 Å². The zero-order valence-electron chi connectivity index (χ0n) is 13.7. The highest BCUT2D eigenvalue weighted by atomic mass is 16.2. The summed E-state index contributed by atoms with van der Waals surface area (Å²) < 4.78 is 0. The molecule has 0 heterocycles. The van der Waals surface area contributed by atoms with Crippen LogP contribution < -0.4 is 15.5 Å². The standard InChI is InChI=1S/C19H21N3O2/c1-22(17-8-3-2-4-9-17)13-18(23)20-16-7-5-6-14(12-16)19(24)21-15-10-11-15/h2-9,12,15H,10-11,13H2,1H3,(H,20,23)(H,21,24). The van der Waals surface area contributed by atoms with Crippen LogP contribution in [0.4, 0.5) is 11.4 Å². The molecule has 0 spiro atoms. The summed E-state index contributed by atoms with van der Waals surface area (Å²) in [5, 5.41) is 5.79. The summed E-state index contributed by atoms with van der Waals surface area (Å²) in [6.45, 7) is 0.239. The average molecular weight is 323 g/mol. The molecule has 0 saturated heterocycles. The highest BCUT2D eigenvalue weighted by molar-refractivity contribution is 5.98. The molecular formula is C19H21N3O2. The van der Waals surface area contributed by atoms with Gasteiger partial charge < -0.3 is 15.5 Å². The Labute approximate surface area is 141 Å². The second kappa shape index (κ2) is 7.17. The number of carbonyl (C=O) groups is 2. The molecule has 0 unspecified atom stereocenters. The number of para-hydroxylation sites is 1. The van der Waals surface area contributed by atoms with Crippen LogP contribution in [0.5, 0.6) is 0 Å². The van der Waals surface area contributed by atoms with Crippen LogP contribution in [-0.2, 0) is 4.79 Å². The quantitative estimate of drug-likeness (QED) is 0.859. The molecular weight excluding hydrogens is 302 g/mol. The molecule has 124 valence electrons. The fourth-order valence-corrected chi connectivity index (χ4v) is 2.42. The van der Waals surface area contributed by atoms with E-state index in [1.54, 1.807) is 24.3 Å². The first-order chi connectivity index (χ1) is 11.6. The lowest BCUT2D eigenvalue weighted by atomic mass is 10.2. The van der Waals surface area contributed by atoms with E-state index in [4.69, 9.17) is 0 Å². The topological polar surface area (TPSA) is 61.4 Å². The predicted octanol–water partition coefficient (Wildman–Crippen LogP) is 2.65. The van der Waals surface area contributed by atoms with Gasteiger partial charge in [0.25, 0.3) is 5.91 Å². The Morgan fingerprint density at radius 2 is 1.83 bits per heavy atom. The highest BCUT2D eigenvalue weighted by Crippen LogP contribution is 2.20. The highest BCUT2D eigenvalue weighted by Gasteiger charge is 2.23. The zero-order chi connectivity index (χ0) is 16.9. The molecule has 2 amide bonds. The molecule has 1 fully saturated rings. The van der Waals surface area contributed by atoms with E-state index >= 15 is 0 Å². The number of anilines is 2. The Bertz CT molecular complexity index is 726. The molecule has 0 aromatic heterocycles. The maximum atomic E-state index is 12.2. The molecule has 24 heavy (non-hydrogen) atoms. The second-order valence-corrected chi connectivity index (χ2v) is 6.07. The van der Waals surface area contributed by atoms with Crippen LogP contribution in [0.15, 0.2) is 54.6 Å². The van der Waals surface area contributed by atoms with Crippen LogP contribution in [0.2, 0.25) is 0 Å². The summed E-state index contributed by atoms with van der Waals surface area (Å²) in [5.74, 6) is -0.212. The maximum Gasteiger partial charge on any atom is 0.251 e. The van der Waals surface area contributed by atoms with Crippen LogP contribution in [0.25, 0.3) is 0 Å². The number of carbonyl (C=O) groups excluding carboxylic acids is 2. The fourth-order valence-electron chi connectivity index (χ4n) is 2.42. The van der Waals surface area contributed by atoms with Gasteiger partial charge in [-0.05, 0) is 43.2 Å². The minimum atomic E-state index is -0.124. The molecule has 0 bridgehead atoms. The van der Waals surface area contributed by atoms with Crippen molar-refractivity contribution in [3.8, 4) is 0 Å². The Morgan fingerprint density at radius 1 is 1.08 bits per heavy atom. The van der Waals surface area contributed by atoms with Crippen molar-refractivity contribution in [2.24, 2.45) is 0 Å². The fraction of sp³-hybridized carbons (Fsp3) is 0.263. The lowest BCUT2D eigenvalue weighted by Crippen LogP contribution is -2.30. The summed E-state index contributed by atoms with van der Waals surface area (Å²) >= 11 is 0. The van der Waals surface area contributed by atoms with Gasteiger partial charge in [0.1, 0.15) is 0 Å². The third-order valence-corrected chi connectivity index (χ3v) is 3.90. The van der Waals surface area contributed by atoms with Gasteiger partial charge in [0, 0.05) is 30.0 Å². The number of nitrogens with zero attached hydrogens (tertiary/aromatic N) is 1.